The maximum Gasteiger partial charge on any atom is 0.226 e. The fraction of sp³-hybridized carbons (Fsp3) is 0.720. The van der Waals surface area contributed by atoms with Gasteiger partial charge >= 0.3 is 0 Å². The number of likely N-dealkylation sites (tertiary alicyclic amines) is 2. The SMILES string of the molecule is COCCOC1CN(C2CCN(C(=O)Cc3cccc(OC)c3)CC2)C12CCCCC2. The molecule has 2 heterocycles. The molecule has 6 nitrogen and oxygen atoms in total. The summed E-state index contributed by atoms with van der Waals surface area (Å²) in [5.41, 5.74) is 1.25. The van der Waals surface area contributed by atoms with Crippen molar-refractivity contribution in [2.75, 3.05) is 47.1 Å². The number of hydrogen-bond donors (Lipinski definition) is 0. The Bertz CT molecular complexity index is 726. The molecule has 172 valence electrons. The summed E-state index contributed by atoms with van der Waals surface area (Å²) in [6.45, 7) is 4.10. The van der Waals surface area contributed by atoms with Crippen molar-refractivity contribution < 1.29 is 19.0 Å². The molecule has 1 atom stereocenters. The summed E-state index contributed by atoms with van der Waals surface area (Å²) in [6, 6.07) is 8.40. The molecule has 6 heteroatoms. The second kappa shape index (κ2) is 10.3. The minimum absolute atomic E-state index is 0.225. The number of nitrogens with zero attached hydrogens (tertiary/aromatic N) is 2. The van der Waals surface area contributed by atoms with Crippen LogP contribution in [-0.4, -0.2) is 80.5 Å². The molecule has 2 saturated heterocycles. The first-order valence-electron chi connectivity index (χ1n) is 11.9. The monoisotopic (exact) mass is 430 g/mol. The highest BCUT2D eigenvalue weighted by atomic mass is 16.5. The number of hydrogen-bond acceptors (Lipinski definition) is 5. The molecule has 1 spiro atoms. The van der Waals surface area contributed by atoms with Crippen molar-refractivity contribution >= 4 is 5.91 Å². The van der Waals surface area contributed by atoms with Crippen LogP contribution in [0.3, 0.4) is 0 Å². The average Bonchev–Trinajstić information content (AvgIpc) is 2.81. The van der Waals surface area contributed by atoms with E-state index in [0.29, 0.717) is 31.8 Å². The lowest BCUT2D eigenvalue weighted by Gasteiger charge is -2.63. The topological polar surface area (TPSA) is 51.2 Å². The second-order valence-electron chi connectivity index (χ2n) is 9.31. The molecular weight excluding hydrogens is 392 g/mol. The van der Waals surface area contributed by atoms with Gasteiger partial charge in [0.25, 0.3) is 0 Å². The lowest BCUT2D eigenvalue weighted by atomic mass is 9.69. The molecule has 1 aromatic carbocycles. The molecule has 3 fully saturated rings. The van der Waals surface area contributed by atoms with E-state index in [1.54, 1.807) is 14.2 Å². The quantitative estimate of drug-likeness (QED) is 0.593. The van der Waals surface area contributed by atoms with Gasteiger partial charge in [-0.25, -0.2) is 0 Å². The van der Waals surface area contributed by atoms with Gasteiger partial charge in [0.2, 0.25) is 5.91 Å². The number of ether oxygens (including phenoxy) is 3. The molecule has 1 unspecified atom stereocenters. The highest BCUT2D eigenvalue weighted by molar-refractivity contribution is 5.79. The Morgan fingerprint density at radius 1 is 1.10 bits per heavy atom. The van der Waals surface area contributed by atoms with Crippen LogP contribution in [0, 0.1) is 0 Å². The third-order valence-electron chi connectivity index (χ3n) is 7.61. The van der Waals surface area contributed by atoms with Crippen molar-refractivity contribution in [3.63, 3.8) is 0 Å². The van der Waals surface area contributed by atoms with Crippen LogP contribution < -0.4 is 4.74 Å². The smallest absolute Gasteiger partial charge is 0.226 e. The van der Waals surface area contributed by atoms with Crippen molar-refractivity contribution in [3.8, 4) is 5.75 Å². The molecule has 0 bridgehead atoms. The van der Waals surface area contributed by atoms with E-state index >= 15 is 0 Å². The third-order valence-corrected chi connectivity index (χ3v) is 7.61. The minimum atomic E-state index is 0.225. The van der Waals surface area contributed by atoms with E-state index in [2.05, 4.69) is 9.80 Å². The van der Waals surface area contributed by atoms with Gasteiger partial charge in [0, 0.05) is 38.3 Å². The lowest BCUT2D eigenvalue weighted by molar-refractivity contribution is -0.204. The van der Waals surface area contributed by atoms with Crippen molar-refractivity contribution in [2.45, 2.75) is 69.1 Å². The fourth-order valence-corrected chi connectivity index (χ4v) is 5.87. The number of amides is 1. The molecular formula is C25H38N2O4. The normalized spacial score (nSPS) is 24.2. The molecule has 31 heavy (non-hydrogen) atoms. The number of carbonyl (C=O) groups excluding carboxylic acids is 1. The number of rotatable bonds is 8. The maximum atomic E-state index is 12.9. The zero-order valence-corrected chi connectivity index (χ0v) is 19.2. The van der Waals surface area contributed by atoms with E-state index in [4.69, 9.17) is 14.2 Å². The molecule has 0 radical (unpaired) electrons. The highest BCUT2D eigenvalue weighted by Gasteiger charge is 2.56. The number of methoxy groups -OCH3 is 2. The zero-order chi connectivity index (χ0) is 21.7. The summed E-state index contributed by atoms with van der Waals surface area (Å²) in [5, 5.41) is 0. The van der Waals surface area contributed by atoms with E-state index in [-0.39, 0.29) is 11.4 Å². The first-order valence-corrected chi connectivity index (χ1v) is 11.9. The first kappa shape index (κ1) is 22.6. The van der Waals surface area contributed by atoms with Crippen LogP contribution in [0.15, 0.2) is 24.3 Å². The first-order chi connectivity index (χ1) is 15.2. The van der Waals surface area contributed by atoms with Gasteiger partial charge in [-0.2, -0.15) is 0 Å². The molecule has 2 aliphatic heterocycles. The van der Waals surface area contributed by atoms with Crippen LogP contribution in [0.4, 0.5) is 0 Å². The van der Waals surface area contributed by atoms with Gasteiger partial charge in [0.05, 0.1) is 32.8 Å². The number of piperidine rings is 1. The fourth-order valence-electron chi connectivity index (χ4n) is 5.87. The highest BCUT2D eigenvalue weighted by Crippen LogP contribution is 2.47. The summed E-state index contributed by atoms with van der Waals surface area (Å²) in [5.74, 6) is 1.03. The molecule has 0 aromatic heterocycles. The van der Waals surface area contributed by atoms with Crippen LogP contribution in [0.2, 0.25) is 0 Å². The van der Waals surface area contributed by atoms with E-state index in [9.17, 15) is 4.79 Å². The van der Waals surface area contributed by atoms with Gasteiger partial charge in [-0.15, -0.1) is 0 Å². The van der Waals surface area contributed by atoms with Crippen LogP contribution in [-0.2, 0) is 20.7 Å². The second-order valence-corrected chi connectivity index (χ2v) is 9.31. The summed E-state index contributed by atoms with van der Waals surface area (Å²) < 4.78 is 16.7. The summed E-state index contributed by atoms with van der Waals surface area (Å²) in [6.07, 6.45) is 9.38. The van der Waals surface area contributed by atoms with Gasteiger partial charge in [0.1, 0.15) is 5.75 Å². The Morgan fingerprint density at radius 3 is 2.58 bits per heavy atom. The number of benzene rings is 1. The zero-order valence-electron chi connectivity index (χ0n) is 19.2. The third kappa shape index (κ3) is 4.91. The van der Waals surface area contributed by atoms with Gasteiger partial charge in [-0.3, -0.25) is 9.69 Å². The van der Waals surface area contributed by atoms with Crippen molar-refractivity contribution in [1.29, 1.82) is 0 Å². The molecule has 0 N–H and O–H groups in total. The van der Waals surface area contributed by atoms with Crippen LogP contribution >= 0.6 is 0 Å². The van der Waals surface area contributed by atoms with Crippen LogP contribution in [0.5, 0.6) is 5.75 Å². The Hall–Kier alpha value is -1.63. The largest absolute Gasteiger partial charge is 0.497 e. The Balaban J connectivity index is 1.31. The molecule has 4 rings (SSSR count). The van der Waals surface area contributed by atoms with Crippen LogP contribution in [0.25, 0.3) is 0 Å². The summed E-state index contributed by atoms with van der Waals surface area (Å²) in [7, 11) is 3.39. The maximum absolute atomic E-state index is 12.9. The summed E-state index contributed by atoms with van der Waals surface area (Å²) in [4.78, 5) is 17.7. The van der Waals surface area contributed by atoms with E-state index in [0.717, 1.165) is 43.8 Å². The van der Waals surface area contributed by atoms with Gasteiger partial charge in [-0.1, -0.05) is 31.4 Å². The van der Waals surface area contributed by atoms with Gasteiger partial charge in [0.15, 0.2) is 0 Å². The Labute approximate surface area is 186 Å². The van der Waals surface area contributed by atoms with E-state index in [1.807, 2.05) is 24.3 Å². The molecule has 1 saturated carbocycles. The standard InChI is InChI=1S/C25H38N2O4/c1-29-15-16-31-23-19-27(25(23)11-4-3-5-12-25)21-9-13-26(14-10-21)24(28)18-20-7-6-8-22(17-20)30-2/h6-8,17,21,23H,3-5,9-16,18-19H2,1-2H3. The molecule has 3 aliphatic rings. The molecule has 1 amide bonds. The average molecular weight is 431 g/mol. The van der Waals surface area contributed by atoms with Crippen molar-refractivity contribution in [3.05, 3.63) is 29.8 Å². The lowest BCUT2D eigenvalue weighted by Crippen LogP contribution is -2.75. The molecule has 1 aromatic rings. The Kier molecular flexibility index (Phi) is 7.51. The summed E-state index contributed by atoms with van der Waals surface area (Å²) >= 11 is 0. The number of carbonyl (C=O) groups is 1. The van der Waals surface area contributed by atoms with Crippen LogP contribution in [0.1, 0.15) is 50.5 Å². The van der Waals surface area contributed by atoms with E-state index < -0.39 is 0 Å². The predicted octanol–water partition coefficient (Wildman–Crippen LogP) is 3.28. The van der Waals surface area contributed by atoms with Crippen molar-refractivity contribution in [1.82, 2.24) is 9.80 Å². The van der Waals surface area contributed by atoms with Crippen molar-refractivity contribution in [2.24, 2.45) is 0 Å². The molecule has 1 aliphatic carbocycles. The minimum Gasteiger partial charge on any atom is -0.497 e. The van der Waals surface area contributed by atoms with Gasteiger partial charge < -0.3 is 19.1 Å². The Morgan fingerprint density at radius 2 is 1.87 bits per heavy atom. The predicted molar refractivity (Wildman–Crippen MR) is 120 cm³/mol. The van der Waals surface area contributed by atoms with E-state index in [1.165, 1.54) is 32.1 Å². The van der Waals surface area contributed by atoms with Gasteiger partial charge in [-0.05, 0) is 43.4 Å².